The molecule has 0 saturated carbocycles. The predicted octanol–water partition coefficient (Wildman–Crippen LogP) is 0.436. The molecule has 3 N–H and O–H groups in total. The molecule has 0 aliphatic carbocycles. The number of halogens is 1. The first-order chi connectivity index (χ1) is 13.2. The molecule has 1 unspecified atom stereocenters. The van der Waals surface area contributed by atoms with E-state index in [2.05, 4.69) is 25.8 Å². The Morgan fingerprint density at radius 3 is 2.75 bits per heavy atom. The van der Waals surface area contributed by atoms with Crippen molar-refractivity contribution in [3.63, 3.8) is 0 Å². The van der Waals surface area contributed by atoms with E-state index in [1.165, 1.54) is 10.8 Å². The standard InChI is InChI=1S/C17H26BrN2O7P/c1-28(24,25)27-17-14(22)13(21)16(26-17)20-10-6-7-12(11-20)15(23)19-9-5-3-2-4-8-18/h6-7,10-11,13-14,16-17,21-22H,2-5,8-9H2,1H3,(H-,19,23,24,25)/t13-,14+,16-,17-/m1/s1. The van der Waals surface area contributed by atoms with Gasteiger partial charge >= 0.3 is 0 Å². The van der Waals surface area contributed by atoms with Gasteiger partial charge < -0.3 is 29.5 Å². The van der Waals surface area contributed by atoms with Gasteiger partial charge in [-0.05, 0) is 18.9 Å². The molecular weight excluding hydrogens is 455 g/mol. The number of carbonyl (C=O) groups excluding carboxylic acids is 1. The van der Waals surface area contributed by atoms with Crippen molar-refractivity contribution in [1.29, 1.82) is 0 Å². The van der Waals surface area contributed by atoms with Crippen LogP contribution in [0.1, 0.15) is 42.3 Å². The quantitative estimate of drug-likeness (QED) is 0.191. The van der Waals surface area contributed by atoms with Crippen molar-refractivity contribution >= 4 is 29.4 Å². The van der Waals surface area contributed by atoms with Crippen LogP contribution in [0.25, 0.3) is 0 Å². The van der Waals surface area contributed by atoms with Gasteiger partial charge in [-0.15, -0.1) is 0 Å². The summed E-state index contributed by atoms with van der Waals surface area (Å²) in [7, 11) is -4.17. The van der Waals surface area contributed by atoms with Gasteiger partial charge in [0.15, 0.2) is 24.8 Å². The zero-order valence-corrected chi connectivity index (χ0v) is 18.0. The molecule has 1 aromatic rings. The van der Waals surface area contributed by atoms with Crippen molar-refractivity contribution in [2.75, 3.05) is 18.5 Å². The van der Waals surface area contributed by atoms with Gasteiger partial charge in [0.1, 0.15) is 19.3 Å². The molecule has 2 heterocycles. The third-order valence-corrected chi connectivity index (χ3v) is 5.37. The largest absolute Gasteiger partial charge is 0.779 e. The molecule has 1 fully saturated rings. The van der Waals surface area contributed by atoms with Crippen molar-refractivity contribution < 1.29 is 38.3 Å². The molecular formula is C17H26BrN2O7P. The van der Waals surface area contributed by atoms with Crippen LogP contribution in [0.2, 0.25) is 0 Å². The van der Waals surface area contributed by atoms with Crippen LogP contribution in [0, 0.1) is 0 Å². The Hall–Kier alpha value is -0.870. The summed E-state index contributed by atoms with van der Waals surface area (Å²) in [4.78, 5) is 23.6. The normalized spacial score (nSPS) is 26.8. The Morgan fingerprint density at radius 1 is 1.36 bits per heavy atom. The fourth-order valence-corrected chi connectivity index (χ4v) is 3.76. The van der Waals surface area contributed by atoms with Crippen molar-refractivity contribution in [1.82, 2.24) is 5.32 Å². The molecule has 0 aromatic carbocycles. The number of ether oxygens (including phenoxy) is 1. The summed E-state index contributed by atoms with van der Waals surface area (Å²) in [6, 6.07) is 3.21. The minimum absolute atomic E-state index is 0.270. The number of alkyl halides is 1. The van der Waals surface area contributed by atoms with Gasteiger partial charge in [0.2, 0.25) is 0 Å². The van der Waals surface area contributed by atoms with Crippen molar-refractivity contribution in [2.45, 2.75) is 50.4 Å². The number of hydrogen-bond acceptors (Lipinski definition) is 7. The highest BCUT2D eigenvalue weighted by molar-refractivity contribution is 9.09. The van der Waals surface area contributed by atoms with E-state index in [4.69, 9.17) is 4.74 Å². The summed E-state index contributed by atoms with van der Waals surface area (Å²) in [5, 5.41) is 24.0. The summed E-state index contributed by atoms with van der Waals surface area (Å²) in [5.41, 5.74) is 0.350. The molecule has 1 aromatic heterocycles. The Morgan fingerprint density at radius 2 is 2.07 bits per heavy atom. The van der Waals surface area contributed by atoms with Crippen LogP contribution in [-0.4, -0.2) is 53.2 Å². The summed E-state index contributed by atoms with van der Waals surface area (Å²) in [6.07, 6.45) is 1.55. The second-order valence-electron chi connectivity index (χ2n) is 6.65. The number of unbranched alkanes of at least 4 members (excludes halogenated alkanes) is 3. The molecule has 5 atom stereocenters. The number of aliphatic hydroxyl groups is 2. The first-order valence-electron chi connectivity index (χ1n) is 9.06. The predicted molar refractivity (Wildman–Crippen MR) is 102 cm³/mol. The maximum Gasteiger partial charge on any atom is 0.294 e. The molecule has 1 aliphatic rings. The van der Waals surface area contributed by atoms with Crippen molar-refractivity contribution in [3.8, 4) is 0 Å². The lowest BCUT2D eigenvalue weighted by Gasteiger charge is -2.23. The fourth-order valence-electron chi connectivity index (χ4n) is 2.81. The first kappa shape index (κ1) is 23.4. The minimum Gasteiger partial charge on any atom is -0.779 e. The number of aromatic nitrogens is 1. The number of amides is 1. The van der Waals surface area contributed by atoms with E-state index in [1.54, 1.807) is 18.3 Å². The number of aliphatic hydroxyl groups excluding tert-OH is 2. The SMILES string of the molecule is CP(=O)([O-])O[C@H]1O[C@@H]([n+]2cccc(C(=O)NCCCCCCBr)c2)[C@H](O)[C@@H]1O. The van der Waals surface area contributed by atoms with Crippen LogP contribution in [0.15, 0.2) is 24.5 Å². The summed E-state index contributed by atoms with van der Waals surface area (Å²) < 4.78 is 22.7. The topological polar surface area (TPSA) is 132 Å². The number of nitrogens with one attached hydrogen (secondary N) is 1. The minimum atomic E-state index is -4.17. The van der Waals surface area contributed by atoms with Gasteiger partial charge in [0, 0.05) is 24.6 Å². The molecule has 1 amide bonds. The monoisotopic (exact) mass is 480 g/mol. The lowest BCUT2D eigenvalue weighted by molar-refractivity contribution is -0.767. The molecule has 2 rings (SSSR count). The zero-order valence-electron chi connectivity index (χ0n) is 15.6. The second-order valence-corrected chi connectivity index (χ2v) is 9.20. The van der Waals surface area contributed by atoms with E-state index in [0.29, 0.717) is 12.1 Å². The van der Waals surface area contributed by atoms with Crippen molar-refractivity contribution in [3.05, 3.63) is 30.1 Å². The summed E-state index contributed by atoms with van der Waals surface area (Å²) in [6.45, 7) is 1.41. The van der Waals surface area contributed by atoms with Crippen LogP contribution in [0.4, 0.5) is 0 Å². The molecule has 1 saturated heterocycles. The van der Waals surface area contributed by atoms with Crippen LogP contribution >= 0.6 is 23.5 Å². The van der Waals surface area contributed by atoms with Gasteiger partial charge in [-0.25, -0.2) is 0 Å². The fraction of sp³-hybridized carbons (Fsp3) is 0.647. The van der Waals surface area contributed by atoms with E-state index >= 15 is 0 Å². The molecule has 11 heteroatoms. The summed E-state index contributed by atoms with van der Waals surface area (Å²) in [5.74, 6) is -0.270. The summed E-state index contributed by atoms with van der Waals surface area (Å²) >= 11 is 3.38. The second kappa shape index (κ2) is 10.8. The van der Waals surface area contributed by atoms with Gasteiger partial charge in [-0.3, -0.25) is 9.53 Å². The molecule has 28 heavy (non-hydrogen) atoms. The van der Waals surface area contributed by atoms with E-state index in [9.17, 15) is 24.5 Å². The van der Waals surface area contributed by atoms with E-state index in [0.717, 1.165) is 37.7 Å². The average Bonchev–Trinajstić information content (AvgIpc) is 2.91. The van der Waals surface area contributed by atoms with E-state index in [1.807, 2.05) is 0 Å². The maximum atomic E-state index is 12.3. The van der Waals surface area contributed by atoms with Crippen LogP contribution in [0.3, 0.4) is 0 Å². The number of carbonyl (C=O) groups is 1. The Labute approximate surface area is 172 Å². The maximum absolute atomic E-state index is 12.3. The lowest BCUT2D eigenvalue weighted by atomic mass is 10.2. The molecule has 0 radical (unpaired) electrons. The number of nitrogens with zero attached hydrogens (tertiary/aromatic N) is 1. The van der Waals surface area contributed by atoms with Crippen molar-refractivity contribution in [2.24, 2.45) is 0 Å². The van der Waals surface area contributed by atoms with Gasteiger partial charge in [-0.1, -0.05) is 28.8 Å². The first-order valence-corrected chi connectivity index (χ1v) is 12.2. The third kappa shape index (κ3) is 6.88. The Bertz CT molecular complexity index is 702. The van der Waals surface area contributed by atoms with Gasteiger partial charge in [0.05, 0.1) is 0 Å². The highest BCUT2D eigenvalue weighted by Gasteiger charge is 2.49. The lowest BCUT2D eigenvalue weighted by Crippen LogP contribution is -2.46. The van der Waals surface area contributed by atoms with E-state index < -0.39 is 32.3 Å². The highest BCUT2D eigenvalue weighted by atomic mass is 79.9. The molecule has 0 spiro atoms. The Balaban J connectivity index is 1.96. The average molecular weight is 481 g/mol. The molecule has 9 nitrogen and oxygen atoms in total. The van der Waals surface area contributed by atoms with Gasteiger partial charge in [0.25, 0.3) is 12.1 Å². The number of rotatable bonds is 10. The van der Waals surface area contributed by atoms with E-state index in [-0.39, 0.29) is 5.91 Å². The smallest absolute Gasteiger partial charge is 0.294 e. The third-order valence-electron chi connectivity index (χ3n) is 4.21. The molecule has 158 valence electrons. The van der Waals surface area contributed by atoms with Crippen LogP contribution in [0.5, 0.6) is 0 Å². The van der Waals surface area contributed by atoms with Gasteiger partial charge in [-0.2, -0.15) is 4.57 Å². The zero-order chi connectivity index (χ0) is 20.7. The van der Waals surface area contributed by atoms with Crippen LogP contribution in [-0.2, 0) is 13.8 Å². The molecule has 1 aliphatic heterocycles. The molecule has 0 bridgehead atoms. The van der Waals surface area contributed by atoms with Crippen LogP contribution < -0.4 is 14.8 Å². The number of hydrogen-bond donors (Lipinski definition) is 3. The highest BCUT2D eigenvalue weighted by Crippen LogP contribution is 2.38. The number of pyridine rings is 1. The Kier molecular flexibility index (Phi) is 9.01.